The van der Waals surface area contributed by atoms with Crippen LogP contribution in [-0.4, -0.2) is 3.21 Å². The third-order valence-electron chi connectivity index (χ3n) is 13.1. The Balaban J connectivity index is 0.00000193. The SMILES string of the molecule is C1=CC[C]([Zr+2](=[C](Cc2cccc3ccccc23)Cc2cccc3ccccc23)[CH]2C3C=CC=CC3C3C4C=CC=CC4C4C=CC=CC4C32)=C1.[Cl-].[Cl-]. The van der Waals surface area contributed by atoms with Crippen LogP contribution in [0.1, 0.15) is 17.5 Å². The van der Waals surface area contributed by atoms with E-state index in [1.54, 1.807) is 0 Å². The summed E-state index contributed by atoms with van der Waals surface area (Å²) in [4.78, 5) is 0. The number of hydrogen-bond donors (Lipinski definition) is 0. The Kier molecular flexibility index (Phi) is 10.4. The molecule has 2 fully saturated rings. The molecule has 52 heavy (non-hydrogen) atoms. The maximum atomic E-state index is 2.68. The first kappa shape index (κ1) is 35.7. The van der Waals surface area contributed by atoms with Crippen molar-refractivity contribution in [2.75, 3.05) is 0 Å². The number of allylic oxidation sites excluding steroid dienone is 16. The summed E-state index contributed by atoms with van der Waals surface area (Å²) in [6, 6.07) is 32.3. The average Bonchev–Trinajstić information content (AvgIpc) is 3.83. The molecule has 0 nitrogen and oxygen atoms in total. The van der Waals surface area contributed by atoms with Crippen LogP contribution in [0.15, 0.2) is 179 Å². The van der Waals surface area contributed by atoms with Crippen molar-refractivity contribution in [3.8, 4) is 0 Å². The number of fused-ring (bicyclic) bond motifs is 10. The fourth-order valence-corrected chi connectivity index (χ4v) is 21.8. The van der Waals surface area contributed by atoms with Crippen LogP contribution in [0.4, 0.5) is 0 Å². The van der Waals surface area contributed by atoms with Crippen molar-refractivity contribution < 1.29 is 46.1 Å². The van der Waals surface area contributed by atoms with Crippen LogP contribution in [-0.2, 0) is 34.1 Å². The minimum atomic E-state index is -2.61. The quantitative estimate of drug-likeness (QED) is 0.241. The van der Waals surface area contributed by atoms with Gasteiger partial charge in [0.25, 0.3) is 0 Å². The van der Waals surface area contributed by atoms with Gasteiger partial charge in [-0.1, -0.05) is 0 Å². The third kappa shape index (κ3) is 6.06. The molecule has 0 bridgehead atoms. The summed E-state index contributed by atoms with van der Waals surface area (Å²) in [6.07, 6.45) is 40.7. The summed E-state index contributed by atoms with van der Waals surface area (Å²) in [5.74, 6) is 4.98. The molecule has 4 aromatic carbocycles. The van der Waals surface area contributed by atoms with Crippen molar-refractivity contribution in [3.63, 3.8) is 0 Å². The molecule has 6 aliphatic carbocycles. The van der Waals surface area contributed by atoms with Gasteiger partial charge >= 0.3 is 307 Å². The van der Waals surface area contributed by atoms with Crippen LogP contribution in [0, 0.1) is 47.3 Å². The van der Waals surface area contributed by atoms with Crippen LogP contribution in [0.3, 0.4) is 0 Å². The van der Waals surface area contributed by atoms with Crippen molar-refractivity contribution in [2.45, 2.75) is 22.9 Å². The molecule has 3 heteroatoms. The molecule has 9 unspecified atom stereocenters. The summed E-state index contributed by atoms with van der Waals surface area (Å²) in [7, 11) is 0. The van der Waals surface area contributed by atoms with Crippen LogP contribution in [0.25, 0.3) is 21.5 Å². The Labute approximate surface area is 329 Å². The second kappa shape index (κ2) is 15.2. The molecule has 0 spiro atoms. The second-order valence-corrected chi connectivity index (χ2v) is 22.4. The van der Waals surface area contributed by atoms with E-state index in [1.807, 2.05) is 6.49 Å². The van der Waals surface area contributed by atoms with Gasteiger partial charge in [0.15, 0.2) is 0 Å². The Morgan fingerprint density at radius 1 is 0.481 bits per heavy atom. The summed E-state index contributed by atoms with van der Waals surface area (Å²) in [5, 5.41) is 5.57. The van der Waals surface area contributed by atoms with Crippen LogP contribution in [0.2, 0.25) is 3.63 Å². The number of rotatable bonds is 6. The molecule has 10 rings (SSSR count). The molecule has 0 amide bonds. The van der Waals surface area contributed by atoms with E-state index in [0.717, 1.165) is 22.9 Å². The molecule has 0 N–H and O–H groups in total. The van der Waals surface area contributed by atoms with Gasteiger partial charge in [0.2, 0.25) is 0 Å². The van der Waals surface area contributed by atoms with Crippen molar-refractivity contribution in [1.29, 1.82) is 0 Å². The molecule has 0 heterocycles. The molecule has 4 aromatic rings. The van der Waals surface area contributed by atoms with E-state index in [-0.39, 0.29) is 24.8 Å². The zero-order valence-electron chi connectivity index (χ0n) is 29.3. The zero-order valence-corrected chi connectivity index (χ0v) is 33.3. The normalized spacial score (nSPS) is 29.7. The van der Waals surface area contributed by atoms with Crippen LogP contribution >= 0.6 is 0 Å². The van der Waals surface area contributed by atoms with E-state index in [2.05, 4.69) is 176 Å². The first-order valence-corrected chi connectivity index (χ1v) is 22.8. The number of hydrogen-bond acceptors (Lipinski definition) is 0. The van der Waals surface area contributed by atoms with Crippen molar-refractivity contribution >= 4 is 24.8 Å². The van der Waals surface area contributed by atoms with Gasteiger partial charge in [-0.25, -0.2) is 0 Å². The number of halogens is 2. The summed E-state index contributed by atoms with van der Waals surface area (Å²) >= 11 is -2.61. The maximum absolute atomic E-state index is 2.68. The van der Waals surface area contributed by atoms with Crippen LogP contribution in [0.5, 0.6) is 0 Å². The Morgan fingerprint density at radius 3 is 1.48 bits per heavy atom. The van der Waals surface area contributed by atoms with Gasteiger partial charge in [0.05, 0.1) is 0 Å². The minimum Gasteiger partial charge on any atom is -1.00 e. The van der Waals surface area contributed by atoms with Gasteiger partial charge in [-0.05, 0) is 0 Å². The molecule has 0 radical (unpaired) electrons. The van der Waals surface area contributed by atoms with Gasteiger partial charge in [0.1, 0.15) is 0 Å². The molecule has 6 aliphatic rings. The van der Waals surface area contributed by atoms with Gasteiger partial charge in [-0.15, -0.1) is 0 Å². The van der Waals surface area contributed by atoms with Gasteiger partial charge in [-0.2, -0.15) is 0 Å². The Morgan fingerprint density at radius 2 is 0.942 bits per heavy atom. The molecule has 258 valence electrons. The summed E-state index contributed by atoms with van der Waals surface area (Å²) in [5.41, 5.74) is 3.02. The average molecular weight is 795 g/mol. The Hall–Kier alpha value is -3.35. The largest absolute Gasteiger partial charge is 1.00 e. The molecule has 9 atom stereocenters. The fraction of sp³-hybridized carbons (Fsp3) is 0.245. The van der Waals surface area contributed by atoms with Crippen LogP contribution < -0.4 is 24.8 Å². The molecular weight excluding hydrogens is 751 g/mol. The Bertz CT molecular complexity index is 2180. The number of benzene rings is 4. The summed E-state index contributed by atoms with van der Waals surface area (Å²) in [6.45, 7) is 0. The van der Waals surface area contributed by atoms with E-state index in [1.165, 1.54) is 32.7 Å². The van der Waals surface area contributed by atoms with E-state index in [0.29, 0.717) is 47.3 Å². The molecular formula is C49H44Cl2Zr. The predicted octanol–water partition coefficient (Wildman–Crippen LogP) is 5.54. The smallest absolute Gasteiger partial charge is 1.00 e. The standard InChI is InChI=1S/C23H18.C21H21.C5H5.2ClH.Zr/c1-3-16-22-18(8-1)10-5-12-20(22)14-7-15-21-13-6-11-19-9-2-4-17-23(19)21;1-2-8-15-14(7-1)13-20-18-11-4-3-9-16(18)17-10-5-6-12-19(17)21(15)20;1-2-4-5-3-1;;;/h1-6,8-13,16-17H,14-15H2;1-21H;1-3H,4H2;2*1H;/q;;;;;+2/p-2. The van der Waals surface area contributed by atoms with Crippen molar-refractivity contribution in [2.24, 2.45) is 47.3 Å². The molecule has 0 saturated heterocycles. The second-order valence-electron chi connectivity index (χ2n) is 15.4. The van der Waals surface area contributed by atoms with E-state index in [4.69, 9.17) is 0 Å². The van der Waals surface area contributed by atoms with E-state index >= 15 is 0 Å². The molecule has 0 aromatic heterocycles. The van der Waals surface area contributed by atoms with Crippen molar-refractivity contribution in [3.05, 3.63) is 190 Å². The third-order valence-corrected chi connectivity index (χ3v) is 22.0. The predicted molar refractivity (Wildman–Crippen MR) is 209 cm³/mol. The maximum Gasteiger partial charge on any atom is -1.00 e. The van der Waals surface area contributed by atoms with E-state index < -0.39 is 21.3 Å². The monoisotopic (exact) mass is 792 g/mol. The minimum absolute atomic E-state index is 0. The van der Waals surface area contributed by atoms with Gasteiger partial charge in [0, 0.05) is 0 Å². The summed E-state index contributed by atoms with van der Waals surface area (Å²) < 4.78 is 4.43. The van der Waals surface area contributed by atoms with Gasteiger partial charge < -0.3 is 24.8 Å². The zero-order chi connectivity index (χ0) is 33.0. The topological polar surface area (TPSA) is 0 Å². The first-order chi connectivity index (χ1) is 24.8. The fourth-order valence-electron chi connectivity index (χ4n) is 11.3. The van der Waals surface area contributed by atoms with Crippen molar-refractivity contribution in [1.82, 2.24) is 0 Å². The van der Waals surface area contributed by atoms with Gasteiger partial charge in [-0.3, -0.25) is 0 Å². The first-order valence-electron chi connectivity index (χ1n) is 18.9. The molecule has 0 aliphatic heterocycles. The van der Waals surface area contributed by atoms with E-state index in [9.17, 15) is 0 Å². The molecule has 2 saturated carbocycles.